The summed E-state index contributed by atoms with van der Waals surface area (Å²) in [4.78, 5) is 0. The van der Waals surface area contributed by atoms with E-state index < -0.39 is 30.5 Å². The Morgan fingerprint density at radius 2 is 1.67 bits per heavy atom. The van der Waals surface area contributed by atoms with E-state index in [0.717, 1.165) is 0 Å². The van der Waals surface area contributed by atoms with Gasteiger partial charge in [-0.05, 0) is 6.92 Å². The molecule has 5 atom stereocenters. The zero-order valence-electron chi connectivity index (χ0n) is 6.79. The van der Waals surface area contributed by atoms with Crippen LogP contribution in [0.4, 0.5) is 0 Å². The minimum atomic E-state index is -1.24. The summed E-state index contributed by atoms with van der Waals surface area (Å²) in [5, 5.41) is 36.4. The van der Waals surface area contributed by atoms with Crippen molar-refractivity contribution in [2.24, 2.45) is 0 Å². The monoisotopic (exact) mass is 178 g/mol. The molecule has 0 amide bonds. The molecule has 0 saturated carbocycles. The van der Waals surface area contributed by atoms with E-state index in [4.69, 9.17) is 9.84 Å². The third-order valence-corrected chi connectivity index (χ3v) is 2.13. The molecule has 0 aromatic rings. The third-order valence-electron chi connectivity index (χ3n) is 2.13. The van der Waals surface area contributed by atoms with E-state index in [1.807, 2.05) is 0 Å². The molecule has 1 heterocycles. The van der Waals surface area contributed by atoms with Crippen molar-refractivity contribution in [3.63, 3.8) is 0 Å². The van der Waals surface area contributed by atoms with Crippen LogP contribution in [0.25, 0.3) is 0 Å². The fraction of sp³-hybridized carbons (Fsp3) is 1.00. The van der Waals surface area contributed by atoms with Crippen LogP contribution in [0.1, 0.15) is 6.92 Å². The Balaban J connectivity index is 2.63. The molecular weight excluding hydrogens is 164 g/mol. The van der Waals surface area contributed by atoms with Crippen LogP contribution in [-0.4, -0.2) is 57.6 Å². The molecule has 1 saturated heterocycles. The molecule has 0 radical (unpaired) electrons. The van der Waals surface area contributed by atoms with E-state index in [1.54, 1.807) is 6.92 Å². The third kappa shape index (κ3) is 1.60. The number of hydrogen-bond donors (Lipinski definition) is 4. The standard InChI is InChI=1S/C7H14O5/c1-3-5(9)7(11)6(10)4(2-8)12-3/h3-11H,2H2,1H3/t3-,4+,5?,6?,7+/m0/s1. The molecule has 2 unspecified atom stereocenters. The second-order valence-corrected chi connectivity index (χ2v) is 3.03. The first-order valence-corrected chi connectivity index (χ1v) is 3.88. The lowest BCUT2D eigenvalue weighted by Gasteiger charge is -2.38. The average molecular weight is 178 g/mol. The second-order valence-electron chi connectivity index (χ2n) is 3.03. The van der Waals surface area contributed by atoms with Gasteiger partial charge in [0, 0.05) is 0 Å². The van der Waals surface area contributed by atoms with Gasteiger partial charge in [0.1, 0.15) is 24.4 Å². The van der Waals surface area contributed by atoms with Crippen molar-refractivity contribution in [2.75, 3.05) is 6.61 Å². The van der Waals surface area contributed by atoms with E-state index in [9.17, 15) is 15.3 Å². The zero-order chi connectivity index (χ0) is 9.30. The van der Waals surface area contributed by atoms with Gasteiger partial charge in [0.2, 0.25) is 0 Å². The number of aliphatic hydroxyl groups excluding tert-OH is 4. The summed E-state index contributed by atoms with van der Waals surface area (Å²) in [6.07, 6.45) is -4.94. The van der Waals surface area contributed by atoms with Gasteiger partial charge in [-0.1, -0.05) is 0 Å². The Labute approximate surface area is 70.2 Å². The molecule has 4 N–H and O–H groups in total. The summed E-state index contributed by atoms with van der Waals surface area (Å²) >= 11 is 0. The first kappa shape index (κ1) is 9.88. The molecule has 0 aliphatic carbocycles. The molecular formula is C7H14O5. The molecule has 72 valence electrons. The van der Waals surface area contributed by atoms with Crippen LogP contribution >= 0.6 is 0 Å². The van der Waals surface area contributed by atoms with E-state index in [-0.39, 0.29) is 6.61 Å². The summed E-state index contributed by atoms with van der Waals surface area (Å²) in [5.41, 5.74) is 0. The van der Waals surface area contributed by atoms with Crippen molar-refractivity contribution in [3.05, 3.63) is 0 Å². The topological polar surface area (TPSA) is 90.2 Å². The lowest BCUT2D eigenvalue weighted by Crippen LogP contribution is -2.57. The van der Waals surface area contributed by atoms with Crippen LogP contribution < -0.4 is 0 Å². The Kier molecular flexibility index (Phi) is 3.03. The molecule has 5 nitrogen and oxygen atoms in total. The Morgan fingerprint density at radius 1 is 1.08 bits per heavy atom. The predicted molar refractivity (Wildman–Crippen MR) is 39.4 cm³/mol. The molecule has 0 bridgehead atoms. The maximum Gasteiger partial charge on any atom is 0.111 e. The summed E-state index contributed by atoms with van der Waals surface area (Å²) < 4.78 is 5.02. The Hall–Kier alpha value is -0.200. The lowest BCUT2D eigenvalue weighted by atomic mass is 9.96. The smallest absolute Gasteiger partial charge is 0.111 e. The highest BCUT2D eigenvalue weighted by Crippen LogP contribution is 2.20. The van der Waals surface area contributed by atoms with E-state index in [2.05, 4.69) is 0 Å². The van der Waals surface area contributed by atoms with Crippen molar-refractivity contribution in [3.8, 4) is 0 Å². The number of aliphatic hydroxyl groups is 4. The highest BCUT2D eigenvalue weighted by atomic mass is 16.5. The van der Waals surface area contributed by atoms with Gasteiger partial charge in [0.05, 0.1) is 12.7 Å². The van der Waals surface area contributed by atoms with Crippen LogP contribution in [0.5, 0.6) is 0 Å². The predicted octanol–water partition coefficient (Wildman–Crippen LogP) is -2.15. The highest BCUT2D eigenvalue weighted by molar-refractivity contribution is 4.89. The summed E-state index contributed by atoms with van der Waals surface area (Å²) in [7, 11) is 0. The molecule has 12 heavy (non-hydrogen) atoms. The molecule has 1 rings (SSSR count). The van der Waals surface area contributed by atoms with Crippen LogP contribution in [0.2, 0.25) is 0 Å². The number of ether oxygens (including phenoxy) is 1. The Morgan fingerprint density at radius 3 is 2.17 bits per heavy atom. The molecule has 1 aliphatic rings. The summed E-state index contributed by atoms with van der Waals surface area (Å²) in [6, 6.07) is 0. The van der Waals surface area contributed by atoms with Crippen molar-refractivity contribution >= 4 is 0 Å². The van der Waals surface area contributed by atoms with Gasteiger partial charge in [-0.25, -0.2) is 0 Å². The number of rotatable bonds is 1. The quantitative estimate of drug-likeness (QED) is 0.367. The van der Waals surface area contributed by atoms with Crippen molar-refractivity contribution < 1.29 is 25.2 Å². The molecule has 5 heteroatoms. The first-order valence-electron chi connectivity index (χ1n) is 3.88. The van der Waals surface area contributed by atoms with Gasteiger partial charge in [0.15, 0.2) is 0 Å². The van der Waals surface area contributed by atoms with E-state index >= 15 is 0 Å². The van der Waals surface area contributed by atoms with Crippen molar-refractivity contribution in [1.29, 1.82) is 0 Å². The average Bonchev–Trinajstić information content (AvgIpc) is 2.08. The fourth-order valence-corrected chi connectivity index (χ4v) is 1.29. The lowest BCUT2D eigenvalue weighted by molar-refractivity contribution is -0.224. The SMILES string of the molecule is C[C@@H]1O[C@H](CO)C(O)[C@H](O)C1O. The van der Waals surface area contributed by atoms with Gasteiger partial charge in [-0.2, -0.15) is 0 Å². The molecule has 1 fully saturated rings. The van der Waals surface area contributed by atoms with Gasteiger partial charge in [0.25, 0.3) is 0 Å². The molecule has 0 aromatic heterocycles. The summed E-state index contributed by atoms with van der Waals surface area (Å²) in [6.45, 7) is 1.21. The van der Waals surface area contributed by atoms with Crippen LogP contribution in [0, 0.1) is 0 Å². The highest BCUT2D eigenvalue weighted by Gasteiger charge is 2.41. The maximum atomic E-state index is 9.23. The van der Waals surface area contributed by atoms with E-state index in [1.165, 1.54) is 0 Å². The van der Waals surface area contributed by atoms with Gasteiger partial charge in [-0.3, -0.25) is 0 Å². The van der Waals surface area contributed by atoms with E-state index in [0.29, 0.717) is 0 Å². The van der Waals surface area contributed by atoms with Crippen LogP contribution in [0.3, 0.4) is 0 Å². The molecule has 0 aromatic carbocycles. The minimum absolute atomic E-state index is 0.366. The molecule has 0 spiro atoms. The first-order chi connectivity index (χ1) is 5.57. The maximum absolute atomic E-state index is 9.23. The van der Waals surface area contributed by atoms with Crippen LogP contribution in [0.15, 0.2) is 0 Å². The van der Waals surface area contributed by atoms with Gasteiger partial charge >= 0.3 is 0 Å². The van der Waals surface area contributed by atoms with Gasteiger partial charge < -0.3 is 25.2 Å². The normalized spacial score (nSPS) is 49.2. The van der Waals surface area contributed by atoms with Gasteiger partial charge in [-0.15, -0.1) is 0 Å². The van der Waals surface area contributed by atoms with Crippen molar-refractivity contribution in [2.45, 2.75) is 37.4 Å². The van der Waals surface area contributed by atoms with Crippen molar-refractivity contribution in [1.82, 2.24) is 0 Å². The Bertz CT molecular complexity index is 146. The second kappa shape index (κ2) is 3.68. The fourth-order valence-electron chi connectivity index (χ4n) is 1.29. The minimum Gasteiger partial charge on any atom is -0.394 e. The largest absolute Gasteiger partial charge is 0.394 e. The molecule has 1 aliphatic heterocycles. The zero-order valence-corrected chi connectivity index (χ0v) is 6.79. The summed E-state index contributed by atoms with van der Waals surface area (Å²) in [5.74, 6) is 0. The van der Waals surface area contributed by atoms with Crippen LogP contribution in [-0.2, 0) is 4.74 Å². The number of hydrogen-bond acceptors (Lipinski definition) is 5.